The van der Waals surface area contributed by atoms with E-state index in [1.807, 2.05) is 30.3 Å². The van der Waals surface area contributed by atoms with Crippen LogP contribution in [0.25, 0.3) is 0 Å². The Labute approximate surface area is 83.1 Å². The lowest BCUT2D eigenvalue weighted by Crippen LogP contribution is -2.35. The summed E-state index contributed by atoms with van der Waals surface area (Å²) in [6, 6.07) is 8.96. The molecular weight excluding hydrogens is 178 g/mol. The van der Waals surface area contributed by atoms with Crippen molar-refractivity contribution >= 4 is 12.2 Å². The standard InChI is InChI=1S/C11H12NO2/c1-9(14)12-11(8-13)7-10-5-3-2-4-6-10/h2-6,11H,7H2,1H3,(H,12,14)/t11-/m1/s1. The van der Waals surface area contributed by atoms with Gasteiger partial charge < -0.3 is 5.32 Å². The number of nitrogens with one attached hydrogen (secondary N) is 1. The highest BCUT2D eigenvalue weighted by atomic mass is 16.2. The molecule has 1 atom stereocenters. The monoisotopic (exact) mass is 190 g/mol. The first-order chi connectivity index (χ1) is 6.72. The Bertz CT molecular complexity index is 308. The molecule has 0 unspecified atom stereocenters. The normalized spacial score (nSPS) is 11.8. The highest BCUT2D eigenvalue weighted by molar-refractivity contribution is 5.77. The molecule has 0 fully saturated rings. The van der Waals surface area contributed by atoms with Crippen molar-refractivity contribution in [3.63, 3.8) is 0 Å². The maximum atomic E-state index is 10.7. The fourth-order valence-electron chi connectivity index (χ4n) is 1.22. The summed E-state index contributed by atoms with van der Waals surface area (Å²) < 4.78 is 0. The Hall–Kier alpha value is -1.64. The highest BCUT2D eigenvalue weighted by Crippen LogP contribution is 2.01. The van der Waals surface area contributed by atoms with Crippen molar-refractivity contribution in [1.29, 1.82) is 0 Å². The molecule has 14 heavy (non-hydrogen) atoms. The van der Waals surface area contributed by atoms with E-state index in [9.17, 15) is 9.59 Å². The third kappa shape index (κ3) is 3.39. The number of rotatable bonds is 4. The molecule has 0 saturated carbocycles. The van der Waals surface area contributed by atoms with Crippen molar-refractivity contribution in [1.82, 2.24) is 5.32 Å². The van der Waals surface area contributed by atoms with Crippen LogP contribution in [0.15, 0.2) is 30.3 Å². The smallest absolute Gasteiger partial charge is 0.223 e. The van der Waals surface area contributed by atoms with Crippen molar-refractivity contribution < 1.29 is 9.59 Å². The zero-order valence-electron chi connectivity index (χ0n) is 7.99. The predicted molar refractivity (Wildman–Crippen MR) is 53.4 cm³/mol. The van der Waals surface area contributed by atoms with E-state index in [1.165, 1.54) is 6.92 Å². The minimum atomic E-state index is -0.546. The van der Waals surface area contributed by atoms with Gasteiger partial charge in [-0.15, -0.1) is 0 Å². The van der Waals surface area contributed by atoms with Gasteiger partial charge in [0.15, 0.2) is 0 Å². The number of amides is 1. The maximum absolute atomic E-state index is 10.7. The van der Waals surface area contributed by atoms with Gasteiger partial charge in [-0.1, -0.05) is 30.3 Å². The third-order valence-electron chi connectivity index (χ3n) is 1.80. The van der Waals surface area contributed by atoms with Gasteiger partial charge in [-0.3, -0.25) is 9.59 Å². The molecule has 1 aromatic rings. The second-order valence-electron chi connectivity index (χ2n) is 3.06. The van der Waals surface area contributed by atoms with E-state index in [2.05, 4.69) is 5.32 Å². The molecule has 3 heteroatoms. The van der Waals surface area contributed by atoms with E-state index < -0.39 is 6.04 Å². The van der Waals surface area contributed by atoms with Crippen LogP contribution >= 0.6 is 0 Å². The van der Waals surface area contributed by atoms with Gasteiger partial charge in [-0.25, -0.2) is 0 Å². The number of hydrogen-bond acceptors (Lipinski definition) is 2. The van der Waals surface area contributed by atoms with Gasteiger partial charge in [0.2, 0.25) is 12.2 Å². The Morgan fingerprint density at radius 1 is 1.43 bits per heavy atom. The summed E-state index contributed by atoms with van der Waals surface area (Å²) >= 11 is 0. The number of hydrogen-bond donors (Lipinski definition) is 1. The van der Waals surface area contributed by atoms with Crippen LogP contribution in [-0.2, 0) is 16.0 Å². The molecule has 0 bridgehead atoms. The lowest BCUT2D eigenvalue weighted by molar-refractivity contribution is -0.119. The van der Waals surface area contributed by atoms with E-state index in [0.29, 0.717) is 6.42 Å². The highest BCUT2D eigenvalue weighted by Gasteiger charge is 2.09. The third-order valence-corrected chi connectivity index (χ3v) is 1.80. The average Bonchev–Trinajstić information content (AvgIpc) is 2.17. The molecule has 1 amide bonds. The van der Waals surface area contributed by atoms with Crippen LogP contribution in [0.2, 0.25) is 0 Å². The first-order valence-corrected chi connectivity index (χ1v) is 4.41. The van der Waals surface area contributed by atoms with Crippen LogP contribution in [0.3, 0.4) is 0 Å². The van der Waals surface area contributed by atoms with Gasteiger partial charge >= 0.3 is 0 Å². The van der Waals surface area contributed by atoms with Crippen LogP contribution in [0, 0.1) is 0 Å². The fraction of sp³-hybridized carbons (Fsp3) is 0.273. The van der Waals surface area contributed by atoms with E-state index in [-0.39, 0.29) is 5.91 Å². The minimum absolute atomic E-state index is 0.214. The molecule has 1 N–H and O–H groups in total. The lowest BCUT2D eigenvalue weighted by Gasteiger charge is -2.09. The minimum Gasteiger partial charge on any atom is -0.346 e. The molecule has 3 nitrogen and oxygen atoms in total. The predicted octanol–water partition coefficient (Wildman–Crippen LogP) is 0.843. The van der Waals surface area contributed by atoms with Crippen molar-refractivity contribution in [2.45, 2.75) is 19.4 Å². The Morgan fingerprint density at radius 3 is 2.57 bits per heavy atom. The van der Waals surface area contributed by atoms with Crippen molar-refractivity contribution in [2.75, 3.05) is 0 Å². The van der Waals surface area contributed by atoms with E-state index in [1.54, 1.807) is 6.29 Å². The first-order valence-electron chi connectivity index (χ1n) is 4.41. The molecule has 0 spiro atoms. The molecule has 0 aliphatic rings. The van der Waals surface area contributed by atoms with Gasteiger partial charge in [0.1, 0.15) is 0 Å². The van der Waals surface area contributed by atoms with Gasteiger partial charge in [-0.2, -0.15) is 0 Å². The van der Waals surface area contributed by atoms with E-state index in [4.69, 9.17) is 0 Å². The largest absolute Gasteiger partial charge is 0.346 e. The number of benzene rings is 1. The molecule has 0 aliphatic heterocycles. The molecule has 0 heterocycles. The second kappa shape index (κ2) is 5.17. The topological polar surface area (TPSA) is 46.2 Å². The quantitative estimate of drug-likeness (QED) is 0.764. The summed E-state index contributed by atoms with van der Waals surface area (Å²) in [6.45, 7) is 1.38. The van der Waals surface area contributed by atoms with Crippen LogP contribution in [0.4, 0.5) is 0 Å². The van der Waals surface area contributed by atoms with E-state index >= 15 is 0 Å². The molecule has 0 aromatic heterocycles. The second-order valence-corrected chi connectivity index (χ2v) is 3.06. The summed E-state index contributed by atoms with van der Waals surface area (Å²) in [5.41, 5.74) is 1.01. The zero-order valence-corrected chi connectivity index (χ0v) is 7.99. The van der Waals surface area contributed by atoms with Gasteiger partial charge in [0.25, 0.3) is 0 Å². The average molecular weight is 190 g/mol. The number of carbonyl (C=O) groups is 1. The fourth-order valence-corrected chi connectivity index (χ4v) is 1.22. The number of carbonyl (C=O) groups excluding carboxylic acids is 2. The summed E-state index contributed by atoms with van der Waals surface area (Å²) in [5, 5.41) is 2.52. The molecule has 0 aliphatic carbocycles. The van der Waals surface area contributed by atoms with Crippen molar-refractivity contribution in [3.05, 3.63) is 35.9 Å². The van der Waals surface area contributed by atoms with Crippen molar-refractivity contribution in [3.8, 4) is 0 Å². The van der Waals surface area contributed by atoms with Crippen LogP contribution in [-0.4, -0.2) is 18.2 Å². The Balaban J connectivity index is 2.57. The molecular formula is C11H12NO2. The van der Waals surface area contributed by atoms with Crippen LogP contribution < -0.4 is 5.32 Å². The first kappa shape index (κ1) is 10.4. The van der Waals surface area contributed by atoms with Crippen LogP contribution in [0.5, 0.6) is 0 Å². The molecule has 1 radical (unpaired) electrons. The van der Waals surface area contributed by atoms with Crippen LogP contribution in [0.1, 0.15) is 12.5 Å². The van der Waals surface area contributed by atoms with E-state index in [0.717, 1.165) is 5.56 Å². The van der Waals surface area contributed by atoms with Gasteiger partial charge in [-0.05, 0) is 5.56 Å². The molecule has 0 saturated heterocycles. The summed E-state index contributed by atoms with van der Waals surface area (Å²) in [6.07, 6.45) is 2.29. The Morgan fingerprint density at radius 2 is 2.07 bits per heavy atom. The summed E-state index contributed by atoms with van der Waals surface area (Å²) in [4.78, 5) is 21.2. The zero-order chi connectivity index (χ0) is 10.4. The van der Waals surface area contributed by atoms with Gasteiger partial charge in [0, 0.05) is 13.3 Å². The van der Waals surface area contributed by atoms with Gasteiger partial charge in [0.05, 0.1) is 6.04 Å². The summed E-state index contributed by atoms with van der Waals surface area (Å²) in [5.74, 6) is -0.214. The van der Waals surface area contributed by atoms with Crippen molar-refractivity contribution in [2.24, 2.45) is 0 Å². The lowest BCUT2D eigenvalue weighted by atomic mass is 10.1. The SMILES string of the molecule is CC(=O)N[C@@H]([C]=O)Cc1ccccc1. The molecule has 73 valence electrons. The Kier molecular flexibility index (Phi) is 3.85. The summed E-state index contributed by atoms with van der Waals surface area (Å²) in [7, 11) is 0. The molecule has 1 aromatic carbocycles. The molecule has 1 rings (SSSR count). The maximum Gasteiger partial charge on any atom is 0.223 e.